The Labute approximate surface area is 165 Å². The predicted molar refractivity (Wildman–Crippen MR) is 100 cm³/mol. The summed E-state index contributed by atoms with van der Waals surface area (Å²) in [5.41, 5.74) is 6.15. The highest BCUT2D eigenvalue weighted by Gasteiger charge is 2.36. The number of rotatable bonds is 8. The van der Waals surface area contributed by atoms with E-state index in [-0.39, 0.29) is 43.1 Å². The number of carboxylic acid groups (broad SMARTS) is 1. The minimum absolute atomic E-state index is 0.0306. The van der Waals surface area contributed by atoms with Gasteiger partial charge in [-0.1, -0.05) is 6.07 Å². The number of ether oxygens (including phenoxy) is 1. The summed E-state index contributed by atoms with van der Waals surface area (Å²) in [5.74, 6) is -2.21. The second-order valence-corrected chi connectivity index (χ2v) is 6.73. The van der Waals surface area contributed by atoms with Crippen molar-refractivity contribution in [1.29, 1.82) is 0 Å². The predicted octanol–water partition coefficient (Wildman–Crippen LogP) is -0.882. The fourth-order valence-corrected chi connectivity index (χ4v) is 3.04. The van der Waals surface area contributed by atoms with Gasteiger partial charge in [0.2, 0.25) is 5.91 Å². The van der Waals surface area contributed by atoms with Crippen LogP contribution in [0.1, 0.15) is 27.7 Å². The second kappa shape index (κ2) is 8.51. The Balaban J connectivity index is 1.64. The molecule has 12 heteroatoms. The molecule has 7 N–H and O–H groups in total. The third kappa shape index (κ3) is 4.50. The van der Waals surface area contributed by atoms with E-state index in [9.17, 15) is 19.8 Å². The lowest BCUT2D eigenvalue weighted by Crippen LogP contribution is -2.58. The number of H-pyrrole nitrogens is 1. The van der Waals surface area contributed by atoms with Gasteiger partial charge >= 0.3 is 13.1 Å². The highest BCUT2D eigenvalue weighted by Crippen LogP contribution is 2.34. The maximum atomic E-state index is 12.3. The molecule has 0 aliphatic carbocycles. The van der Waals surface area contributed by atoms with Crippen LogP contribution in [0.5, 0.6) is 11.5 Å². The molecule has 29 heavy (non-hydrogen) atoms. The first kappa shape index (κ1) is 20.6. The number of carboxylic acids is 1. The van der Waals surface area contributed by atoms with Gasteiger partial charge in [-0.05, 0) is 24.4 Å². The molecule has 1 amide bonds. The summed E-state index contributed by atoms with van der Waals surface area (Å²) in [6, 6.07) is 1.97. The van der Waals surface area contributed by atoms with Crippen molar-refractivity contribution in [3.8, 4) is 11.5 Å². The fraction of sp³-hybridized carbons (Fsp3) is 0.353. The number of hydrogen-bond donors (Lipinski definition) is 6. The number of aromatic carboxylic acids is 1. The first-order chi connectivity index (χ1) is 13.8. The zero-order valence-electron chi connectivity index (χ0n) is 15.4. The quantitative estimate of drug-likeness (QED) is 0.304. The molecule has 0 saturated carbocycles. The Hall–Kier alpha value is -3.09. The van der Waals surface area contributed by atoms with Crippen molar-refractivity contribution in [1.82, 2.24) is 14.9 Å². The molecule has 154 valence electrons. The van der Waals surface area contributed by atoms with Crippen molar-refractivity contribution >= 4 is 19.0 Å². The number of aryl methyl sites for hydroxylation is 1. The number of likely N-dealkylation sites (tertiary alicyclic amines) is 1. The largest absolute Gasteiger partial charge is 0.507 e. The van der Waals surface area contributed by atoms with Gasteiger partial charge in [0.05, 0.1) is 25.1 Å². The topological polar surface area (TPSA) is 182 Å². The standard InChI is InChI=1S/C17H21BN4O7/c19-14(11-5-20-8-21-11)16(24)22-6-10(7-22)29-12-2-1-9(3-4-18(27)28)15(23)13(12)17(25)26/h1-2,5,8,10,14,23,27-28H,3-4,6-7,19H2,(H,20,21)(H,25,26). The lowest BCUT2D eigenvalue weighted by molar-refractivity contribution is -0.141. The molecule has 1 fully saturated rings. The van der Waals surface area contributed by atoms with Crippen LogP contribution in [-0.4, -0.2) is 73.3 Å². The van der Waals surface area contributed by atoms with Crippen LogP contribution in [0, 0.1) is 0 Å². The zero-order chi connectivity index (χ0) is 21.1. The second-order valence-electron chi connectivity index (χ2n) is 6.73. The van der Waals surface area contributed by atoms with Crippen LogP contribution in [0.15, 0.2) is 24.7 Å². The highest BCUT2D eigenvalue weighted by molar-refractivity contribution is 6.41. The van der Waals surface area contributed by atoms with E-state index in [0.717, 1.165) is 0 Å². The summed E-state index contributed by atoms with van der Waals surface area (Å²) >= 11 is 0. The maximum Gasteiger partial charge on any atom is 0.451 e. The number of aromatic amines is 1. The van der Waals surface area contributed by atoms with E-state index in [0.29, 0.717) is 5.69 Å². The number of nitrogens with zero attached hydrogens (tertiary/aromatic N) is 2. The lowest BCUT2D eigenvalue weighted by Gasteiger charge is -2.40. The van der Waals surface area contributed by atoms with Gasteiger partial charge in [-0.25, -0.2) is 9.78 Å². The first-order valence-electron chi connectivity index (χ1n) is 8.92. The number of amides is 1. The molecule has 1 aliphatic rings. The number of carbonyl (C=O) groups is 2. The molecule has 2 heterocycles. The number of hydrogen-bond acceptors (Lipinski definition) is 8. The van der Waals surface area contributed by atoms with E-state index in [1.807, 2.05) is 0 Å². The zero-order valence-corrected chi connectivity index (χ0v) is 15.4. The summed E-state index contributed by atoms with van der Waals surface area (Å²) in [7, 11) is -1.56. The summed E-state index contributed by atoms with van der Waals surface area (Å²) in [5, 5.41) is 37.6. The van der Waals surface area contributed by atoms with E-state index in [2.05, 4.69) is 9.97 Å². The van der Waals surface area contributed by atoms with Crippen molar-refractivity contribution in [3.63, 3.8) is 0 Å². The molecular formula is C17H21BN4O7. The molecule has 1 aliphatic heterocycles. The molecule has 3 rings (SSSR count). The summed E-state index contributed by atoms with van der Waals surface area (Å²) < 4.78 is 5.66. The van der Waals surface area contributed by atoms with Crippen LogP contribution < -0.4 is 10.5 Å². The average Bonchev–Trinajstić information content (AvgIpc) is 3.16. The molecular weight excluding hydrogens is 383 g/mol. The molecule has 11 nitrogen and oxygen atoms in total. The Morgan fingerprint density at radius 1 is 1.38 bits per heavy atom. The molecule has 1 saturated heterocycles. The van der Waals surface area contributed by atoms with Crippen LogP contribution in [0.3, 0.4) is 0 Å². The lowest BCUT2D eigenvalue weighted by atomic mass is 9.82. The molecule has 2 aromatic rings. The summed E-state index contributed by atoms with van der Waals surface area (Å²) in [6.45, 7) is 0.435. The van der Waals surface area contributed by atoms with Gasteiger partial charge in [0.25, 0.3) is 0 Å². The molecule has 0 bridgehead atoms. The normalized spacial score (nSPS) is 14.9. The number of nitrogens with one attached hydrogen (secondary N) is 1. The fourth-order valence-electron chi connectivity index (χ4n) is 3.04. The van der Waals surface area contributed by atoms with E-state index in [1.54, 1.807) is 0 Å². The number of aromatic hydroxyl groups is 1. The van der Waals surface area contributed by atoms with E-state index >= 15 is 0 Å². The number of imidazole rings is 1. The molecule has 1 aromatic carbocycles. The van der Waals surface area contributed by atoms with Gasteiger partial charge in [-0.15, -0.1) is 0 Å². The van der Waals surface area contributed by atoms with E-state index in [4.69, 9.17) is 20.5 Å². The summed E-state index contributed by atoms with van der Waals surface area (Å²) in [4.78, 5) is 32.1. The van der Waals surface area contributed by atoms with Crippen molar-refractivity contribution < 1.29 is 34.6 Å². The Kier molecular flexibility index (Phi) is 6.06. The third-order valence-electron chi connectivity index (χ3n) is 4.67. The van der Waals surface area contributed by atoms with Crippen LogP contribution in [0.25, 0.3) is 0 Å². The van der Waals surface area contributed by atoms with E-state index in [1.165, 1.54) is 29.6 Å². The number of aromatic nitrogens is 2. The van der Waals surface area contributed by atoms with Gasteiger partial charge < -0.3 is 40.6 Å². The monoisotopic (exact) mass is 404 g/mol. The minimum Gasteiger partial charge on any atom is -0.507 e. The van der Waals surface area contributed by atoms with Gasteiger partial charge in [-0.2, -0.15) is 0 Å². The van der Waals surface area contributed by atoms with E-state index < -0.39 is 36.5 Å². The number of carbonyl (C=O) groups excluding carboxylic acids is 1. The van der Waals surface area contributed by atoms with Gasteiger partial charge in [-0.3, -0.25) is 4.79 Å². The molecule has 1 unspecified atom stereocenters. The molecule has 0 spiro atoms. The molecule has 1 atom stereocenters. The SMILES string of the molecule is NC(C(=O)N1CC(Oc2ccc(CCB(O)O)c(O)c2C(=O)O)C1)c1c[nH]cn1. The smallest absolute Gasteiger partial charge is 0.451 e. The average molecular weight is 404 g/mol. The first-order valence-corrected chi connectivity index (χ1v) is 8.92. The van der Waals surface area contributed by atoms with Crippen LogP contribution in [0.2, 0.25) is 6.32 Å². The minimum atomic E-state index is -1.56. The van der Waals surface area contributed by atoms with Crippen molar-refractivity contribution in [2.24, 2.45) is 5.73 Å². The Morgan fingerprint density at radius 2 is 2.10 bits per heavy atom. The van der Waals surface area contributed by atoms with Gasteiger partial charge in [0.1, 0.15) is 29.2 Å². The highest BCUT2D eigenvalue weighted by atomic mass is 16.5. The van der Waals surface area contributed by atoms with Crippen molar-refractivity contribution in [2.75, 3.05) is 13.1 Å². The number of phenols is 1. The van der Waals surface area contributed by atoms with Crippen molar-refractivity contribution in [2.45, 2.75) is 24.9 Å². The number of benzene rings is 1. The summed E-state index contributed by atoms with van der Waals surface area (Å²) in [6.07, 6.45) is 2.54. The van der Waals surface area contributed by atoms with Gasteiger partial charge in [0, 0.05) is 6.20 Å². The van der Waals surface area contributed by atoms with Crippen LogP contribution in [0.4, 0.5) is 0 Å². The van der Waals surface area contributed by atoms with Crippen LogP contribution >= 0.6 is 0 Å². The molecule has 0 radical (unpaired) electrons. The number of nitrogens with two attached hydrogens (primary N) is 1. The molecule has 1 aromatic heterocycles. The van der Waals surface area contributed by atoms with Crippen molar-refractivity contribution in [3.05, 3.63) is 41.5 Å². The Bertz CT molecular complexity index is 884. The Morgan fingerprint density at radius 3 is 2.69 bits per heavy atom. The van der Waals surface area contributed by atoms with Gasteiger partial charge in [0.15, 0.2) is 0 Å². The van der Waals surface area contributed by atoms with Crippen LogP contribution in [-0.2, 0) is 11.2 Å². The third-order valence-corrected chi connectivity index (χ3v) is 4.67. The maximum absolute atomic E-state index is 12.3.